The first-order chi connectivity index (χ1) is 12.3. The summed E-state index contributed by atoms with van der Waals surface area (Å²) < 4.78 is 30.1. The Kier molecular flexibility index (Phi) is 4.88. The summed E-state index contributed by atoms with van der Waals surface area (Å²) in [4.78, 5) is 0.150. The van der Waals surface area contributed by atoms with Crippen LogP contribution < -0.4 is 4.18 Å². The first-order valence-corrected chi connectivity index (χ1v) is 9.87. The molecule has 0 spiro atoms. The van der Waals surface area contributed by atoms with E-state index >= 15 is 0 Å². The summed E-state index contributed by atoms with van der Waals surface area (Å²) in [5, 5.41) is 0. The maximum absolute atomic E-state index is 12.4. The zero-order valence-corrected chi connectivity index (χ0v) is 16.0. The summed E-state index contributed by atoms with van der Waals surface area (Å²) in [6, 6.07) is 24.0. The van der Waals surface area contributed by atoms with Gasteiger partial charge in [0.2, 0.25) is 0 Å². The van der Waals surface area contributed by atoms with Crippen LogP contribution in [-0.4, -0.2) is 8.42 Å². The average molecular weight is 366 g/mol. The molecule has 26 heavy (non-hydrogen) atoms. The van der Waals surface area contributed by atoms with E-state index in [4.69, 9.17) is 4.18 Å². The molecule has 0 aliphatic rings. The molecule has 0 N–H and O–H groups in total. The molecule has 0 atom stereocenters. The molecule has 134 valence electrons. The Morgan fingerprint density at radius 2 is 1.27 bits per heavy atom. The van der Waals surface area contributed by atoms with E-state index in [1.165, 1.54) is 5.56 Å². The van der Waals surface area contributed by atoms with Gasteiger partial charge in [0, 0.05) is 5.41 Å². The predicted molar refractivity (Wildman–Crippen MR) is 104 cm³/mol. The third-order valence-corrected chi connectivity index (χ3v) is 5.85. The highest BCUT2D eigenvalue weighted by molar-refractivity contribution is 7.87. The van der Waals surface area contributed by atoms with E-state index in [1.807, 2.05) is 37.3 Å². The van der Waals surface area contributed by atoms with Crippen molar-refractivity contribution in [1.82, 2.24) is 0 Å². The predicted octanol–water partition coefficient (Wildman–Crippen LogP) is 5.09. The smallest absolute Gasteiger partial charge is 0.339 e. The van der Waals surface area contributed by atoms with Crippen LogP contribution in [0.1, 0.15) is 30.5 Å². The number of aryl methyl sites for hydroxylation is 1. The minimum absolute atomic E-state index is 0.150. The SMILES string of the molecule is Cc1ccc(S(=O)(=O)Oc2ccc(C(C)(C)c3ccccc3)cc2)cc1. The molecular weight excluding hydrogens is 344 g/mol. The summed E-state index contributed by atoms with van der Waals surface area (Å²) in [5.74, 6) is 0.304. The van der Waals surface area contributed by atoms with Gasteiger partial charge in [-0.3, -0.25) is 0 Å². The lowest BCUT2D eigenvalue weighted by Gasteiger charge is -2.26. The van der Waals surface area contributed by atoms with E-state index in [-0.39, 0.29) is 10.3 Å². The molecule has 3 aromatic rings. The molecule has 0 radical (unpaired) electrons. The van der Waals surface area contributed by atoms with Gasteiger partial charge in [-0.1, -0.05) is 74.0 Å². The van der Waals surface area contributed by atoms with Gasteiger partial charge in [-0.2, -0.15) is 8.42 Å². The van der Waals surface area contributed by atoms with Crippen molar-refractivity contribution in [3.05, 3.63) is 95.6 Å². The average Bonchev–Trinajstić information content (AvgIpc) is 2.63. The lowest BCUT2D eigenvalue weighted by molar-refractivity contribution is 0.485. The van der Waals surface area contributed by atoms with Gasteiger partial charge in [0.25, 0.3) is 0 Å². The Bertz CT molecular complexity index is 972. The minimum Gasteiger partial charge on any atom is -0.379 e. The molecule has 3 nitrogen and oxygen atoms in total. The molecule has 0 aliphatic heterocycles. The molecule has 0 bridgehead atoms. The first kappa shape index (κ1) is 18.2. The van der Waals surface area contributed by atoms with E-state index < -0.39 is 10.1 Å². The van der Waals surface area contributed by atoms with Crippen LogP contribution >= 0.6 is 0 Å². The summed E-state index contributed by atoms with van der Waals surface area (Å²) in [6.45, 7) is 6.19. The van der Waals surface area contributed by atoms with Gasteiger partial charge >= 0.3 is 10.1 Å². The summed E-state index contributed by atoms with van der Waals surface area (Å²) in [5.41, 5.74) is 3.09. The van der Waals surface area contributed by atoms with Crippen LogP contribution in [0.2, 0.25) is 0 Å². The Morgan fingerprint density at radius 1 is 0.731 bits per heavy atom. The molecule has 0 unspecified atom stereocenters. The Hall–Kier alpha value is -2.59. The van der Waals surface area contributed by atoms with Crippen LogP contribution in [-0.2, 0) is 15.5 Å². The molecule has 0 saturated heterocycles. The fourth-order valence-electron chi connectivity index (χ4n) is 2.83. The van der Waals surface area contributed by atoms with Gasteiger partial charge in [0.1, 0.15) is 10.6 Å². The lowest BCUT2D eigenvalue weighted by atomic mass is 9.78. The van der Waals surface area contributed by atoms with Crippen molar-refractivity contribution in [2.75, 3.05) is 0 Å². The van der Waals surface area contributed by atoms with Gasteiger partial charge < -0.3 is 4.18 Å². The van der Waals surface area contributed by atoms with Crippen LogP contribution in [0.5, 0.6) is 5.75 Å². The van der Waals surface area contributed by atoms with Crippen LogP contribution in [0.15, 0.2) is 83.8 Å². The molecule has 0 aliphatic carbocycles. The van der Waals surface area contributed by atoms with E-state index in [0.29, 0.717) is 5.75 Å². The quantitative estimate of drug-likeness (QED) is 0.591. The van der Waals surface area contributed by atoms with Crippen molar-refractivity contribution < 1.29 is 12.6 Å². The Labute approximate surface area is 155 Å². The Morgan fingerprint density at radius 3 is 1.85 bits per heavy atom. The van der Waals surface area contributed by atoms with E-state index in [0.717, 1.165) is 11.1 Å². The highest BCUT2D eigenvalue weighted by atomic mass is 32.2. The molecule has 3 aromatic carbocycles. The van der Waals surface area contributed by atoms with Crippen molar-refractivity contribution in [2.24, 2.45) is 0 Å². The molecule has 0 fully saturated rings. The van der Waals surface area contributed by atoms with Gasteiger partial charge in [-0.15, -0.1) is 0 Å². The molecule has 0 amide bonds. The molecule has 0 saturated carbocycles. The fraction of sp³-hybridized carbons (Fsp3) is 0.182. The number of hydrogen-bond acceptors (Lipinski definition) is 3. The van der Waals surface area contributed by atoms with Crippen LogP contribution in [0.25, 0.3) is 0 Å². The standard InChI is InChI=1S/C22H22O3S/c1-17-9-15-21(16-10-17)26(23,24)25-20-13-11-19(12-14-20)22(2,3)18-7-5-4-6-8-18/h4-16H,1-3H3. The lowest BCUT2D eigenvalue weighted by Crippen LogP contribution is -2.18. The molecule has 3 rings (SSSR count). The third kappa shape index (κ3) is 3.81. The second kappa shape index (κ2) is 6.96. The maximum Gasteiger partial charge on any atom is 0.339 e. The van der Waals surface area contributed by atoms with Crippen molar-refractivity contribution in [1.29, 1.82) is 0 Å². The zero-order chi connectivity index (χ0) is 18.8. The topological polar surface area (TPSA) is 43.4 Å². The highest BCUT2D eigenvalue weighted by Crippen LogP contribution is 2.32. The third-order valence-electron chi connectivity index (χ3n) is 4.59. The van der Waals surface area contributed by atoms with Crippen LogP contribution in [0, 0.1) is 6.92 Å². The molecular formula is C22H22O3S. The van der Waals surface area contributed by atoms with Crippen molar-refractivity contribution in [3.8, 4) is 5.75 Å². The summed E-state index contributed by atoms with van der Waals surface area (Å²) >= 11 is 0. The van der Waals surface area contributed by atoms with E-state index in [9.17, 15) is 8.42 Å². The zero-order valence-electron chi connectivity index (χ0n) is 15.1. The van der Waals surface area contributed by atoms with Crippen molar-refractivity contribution in [2.45, 2.75) is 31.1 Å². The number of hydrogen-bond donors (Lipinski definition) is 0. The number of rotatable bonds is 5. The second-order valence-corrected chi connectivity index (χ2v) is 8.41. The first-order valence-electron chi connectivity index (χ1n) is 8.46. The molecule has 0 aromatic heterocycles. The Balaban J connectivity index is 1.83. The van der Waals surface area contributed by atoms with Gasteiger partial charge in [-0.25, -0.2) is 0 Å². The van der Waals surface area contributed by atoms with Gasteiger partial charge in [0.05, 0.1) is 0 Å². The van der Waals surface area contributed by atoms with E-state index in [1.54, 1.807) is 36.4 Å². The van der Waals surface area contributed by atoms with Crippen molar-refractivity contribution >= 4 is 10.1 Å². The van der Waals surface area contributed by atoms with Crippen LogP contribution in [0.4, 0.5) is 0 Å². The minimum atomic E-state index is -3.83. The maximum atomic E-state index is 12.4. The molecule has 4 heteroatoms. The van der Waals surface area contributed by atoms with Crippen LogP contribution in [0.3, 0.4) is 0 Å². The number of benzene rings is 3. The largest absolute Gasteiger partial charge is 0.379 e. The second-order valence-electron chi connectivity index (χ2n) is 6.87. The van der Waals surface area contributed by atoms with E-state index in [2.05, 4.69) is 26.0 Å². The normalized spacial score (nSPS) is 12.0. The van der Waals surface area contributed by atoms with Crippen molar-refractivity contribution in [3.63, 3.8) is 0 Å². The van der Waals surface area contributed by atoms with Gasteiger partial charge in [-0.05, 0) is 42.3 Å². The molecule has 0 heterocycles. The summed E-state index contributed by atoms with van der Waals surface area (Å²) in [6.07, 6.45) is 0. The monoisotopic (exact) mass is 366 g/mol. The highest BCUT2D eigenvalue weighted by Gasteiger charge is 2.23. The fourth-order valence-corrected chi connectivity index (χ4v) is 3.76. The summed E-state index contributed by atoms with van der Waals surface area (Å²) in [7, 11) is -3.83. The van der Waals surface area contributed by atoms with Gasteiger partial charge in [0.15, 0.2) is 0 Å².